The highest BCUT2D eigenvalue weighted by atomic mass is 35.5. The second-order valence-electron chi connectivity index (χ2n) is 4.51. The van der Waals surface area contributed by atoms with Crippen molar-refractivity contribution in [3.05, 3.63) is 52.3 Å². The molecule has 1 unspecified atom stereocenters. The molecule has 0 spiro atoms. The summed E-state index contributed by atoms with van der Waals surface area (Å²) in [7, 11) is 1.72. The van der Waals surface area contributed by atoms with Gasteiger partial charge in [0, 0.05) is 7.05 Å². The van der Waals surface area contributed by atoms with Gasteiger partial charge in [-0.05, 0) is 24.1 Å². The molecule has 0 saturated heterocycles. The van der Waals surface area contributed by atoms with Crippen molar-refractivity contribution < 1.29 is 13.2 Å². The van der Waals surface area contributed by atoms with Gasteiger partial charge in [0.1, 0.15) is 0 Å². The minimum atomic E-state index is -4.33. The molecule has 1 aromatic carbocycles. The summed E-state index contributed by atoms with van der Waals surface area (Å²) in [5, 5.41) is 4.43. The van der Waals surface area contributed by atoms with Crippen molar-refractivity contribution in [2.24, 2.45) is 12.8 Å². The van der Waals surface area contributed by atoms with E-state index >= 15 is 0 Å². The van der Waals surface area contributed by atoms with Crippen LogP contribution in [0.4, 0.5) is 13.2 Å². The maximum atomic E-state index is 12.5. The lowest BCUT2D eigenvalue weighted by molar-refractivity contribution is -0.137. The number of hydrogen-bond acceptors (Lipinski definition) is 2. The van der Waals surface area contributed by atoms with Crippen LogP contribution in [0.25, 0.3) is 0 Å². The minimum Gasteiger partial charge on any atom is -0.322 e. The number of rotatable bonds is 3. The third-order valence-corrected chi connectivity index (χ3v) is 3.32. The van der Waals surface area contributed by atoms with Gasteiger partial charge in [0.25, 0.3) is 0 Å². The van der Waals surface area contributed by atoms with E-state index in [-0.39, 0.29) is 0 Å². The van der Waals surface area contributed by atoms with E-state index in [2.05, 4.69) is 5.10 Å². The van der Waals surface area contributed by atoms with E-state index in [4.69, 9.17) is 17.3 Å². The van der Waals surface area contributed by atoms with Crippen molar-refractivity contribution in [3.63, 3.8) is 0 Å². The molecule has 0 amide bonds. The number of nitrogens with zero attached hydrogens (tertiary/aromatic N) is 2. The van der Waals surface area contributed by atoms with Gasteiger partial charge in [-0.25, -0.2) is 0 Å². The lowest BCUT2D eigenvalue weighted by atomic mass is 10.0. The summed E-state index contributed by atoms with van der Waals surface area (Å²) in [6.07, 6.45) is -2.45. The predicted octanol–water partition coefficient (Wildman–Crippen LogP) is 3.33. The van der Waals surface area contributed by atoms with E-state index in [1.165, 1.54) is 18.3 Å². The number of halogens is 4. The number of benzene rings is 1. The Morgan fingerprint density at radius 2 is 1.90 bits per heavy atom. The highest BCUT2D eigenvalue weighted by Gasteiger charge is 2.30. The first-order chi connectivity index (χ1) is 9.29. The molecule has 108 valence electrons. The molecule has 7 heteroatoms. The molecule has 20 heavy (non-hydrogen) atoms. The summed E-state index contributed by atoms with van der Waals surface area (Å²) >= 11 is 5.98. The fraction of sp³-hybridized carbons (Fsp3) is 0.308. The van der Waals surface area contributed by atoms with Crippen molar-refractivity contribution in [3.8, 4) is 0 Å². The summed E-state index contributed by atoms with van der Waals surface area (Å²) in [4.78, 5) is 0. The number of aromatic nitrogens is 2. The smallest absolute Gasteiger partial charge is 0.322 e. The van der Waals surface area contributed by atoms with Crippen LogP contribution < -0.4 is 5.73 Å². The van der Waals surface area contributed by atoms with Crippen LogP contribution in [0.15, 0.2) is 30.5 Å². The van der Waals surface area contributed by atoms with Gasteiger partial charge in [-0.2, -0.15) is 18.3 Å². The molecular formula is C13H13ClF3N3. The first-order valence-corrected chi connectivity index (χ1v) is 6.26. The van der Waals surface area contributed by atoms with Gasteiger partial charge < -0.3 is 5.73 Å². The summed E-state index contributed by atoms with van der Waals surface area (Å²) in [6, 6.07) is 4.52. The molecule has 1 heterocycles. The van der Waals surface area contributed by atoms with Crippen LogP contribution >= 0.6 is 11.6 Å². The molecule has 0 aliphatic carbocycles. The van der Waals surface area contributed by atoms with E-state index in [1.807, 2.05) is 0 Å². The molecule has 0 aliphatic rings. The van der Waals surface area contributed by atoms with Crippen LogP contribution in [0.1, 0.15) is 22.9 Å². The molecule has 3 nitrogen and oxygen atoms in total. The number of aryl methyl sites for hydroxylation is 1. The Bertz CT molecular complexity index is 570. The van der Waals surface area contributed by atoms with Gasteiger partial charge in [-0.3, -0.25) is 4.68 Å². The normalized spacial score (nSPS) is 13.5. The fourth-order valence-electron chi connectivity index (χ4n) is 2.02. The van der Waals surface area contributed by atoms with Gasteiger partial charge in [-0.15, -0.1) is 0 Å². The standard InChI is InChI=1S/C13H13ClF3N3/c1-20-12(10(14)7-19-20)11(18)6-8-2-4-9(5-3-8)13(15,16)17/h2-5,7,11H,6,18H2,1H3. The zero-order chi connectivity index (χ0) is 14.9. The second kappa shape index (κ2) is 5.46. The van der Waals surface area contributed by atoms with E-state index in [0.717, 1.165) is 12.1 Å². The molecule has 2 aromatic rings. The van der Waals surface area contributed by atoms with Crippen LogP contribution in [0.3, 0.4) is 0 Å². The zero-order valence-corrected chi connectivity index (χ0v) is 11.4. The van der Waals surface area contributed by atoms with Crippen molar-refractivity contribution in [2.75, 3.05) is 0 Å². The second-order valence-corrected chi connectivity index (χ2v) is 4.91. The molecule has 0 radical (unpaired) electrons. The molecule has 1 aromatic heterocycles. The van der Waals surface area contributed by atoms with Crippen molar-refractivity contribution >= 4 is 11.6 Å². The van der Waals surface area contributed by atoms with Crippen molar-refractivity contribution in [1.82, 2.24) is 9.78 Å². The van der Waals surface area contributed by atoms with Gasteiger partial charge in [0.2, 0.25) is 0 Å². The van der Waals surface area contributed by atoms with E-state index in [1.54, 1.807) is 11.7 Å². The quantitative estimate of drug-likeness (QED) is 0.945. The van der Waals surface area contributed by atoms with Crippen molar-refractivity contribution in [2.45, 2.75) is 18.6 Å². The lowest BCUT2D eigenvalue weighted by Crippen LogP contribution is -2.17. The Morgan fingerprint density at radius 1 is 1.30 bits per heavy atom. The fourth-order valence-corrected chi connectivity index (χ4v) is 2.32. The molecule has 0 fully saturated rings. The Labute approximate surface area is 119 Å². The van der Waals surface area contributed by atoms with E-state index in [9.17, 15) is 13.2 Å². The zero-order valence-electron chi connectivity index (χ0n) is 10.7. The highest BCUT2D eigenvalue weighted by molar-refractivity contribution is 6.31. The third-order valence-electron chi connectivity index (χ3n) is 3.03. The van der Waals surface area contributed by atoms with Crippen LogP contribution in [0.2, 0.25) is 5.02 Å². The predicted molar refractivity (Wildman–Crippen MR) is 70.3 cm³/mol. The van der Waals surface area contributed by atoms with Gasteiger partial charge in [0.05, 0.1) is 28.5 Å². The monoisotopic (exact) mass is 303 g/mol. The van der Waals surface area contributed by atoms with Gasteiger partial charge in [0.15, 0.2) is 0 Å². The summed E-state index contributed by atoms with van der Waals surface area (Å²) in [5.41, 5.74) is 6.73. The average molecular weight is 304 g/mol. The summed E-state index contributed by atoms with van der Waals surface area (Å²) in [6.45, 7) is 0. The number of hydrogen-bond donors (Lipinski definition) is 1. The van der Waals surface area contributed by atoms with Crippen LogP contribution in [-0.4, -0.2) is 9.78 Å². The van der Waals surface area contributed by atoms with Crippen molar-refractivity contribution in [1.29, 1.82) is 0 Å². The van der Waals surface area contributed by atoms with E-state index < -0.39 is 17.8 Å². The lowest BCUT2D eigenvalue weighted by Gasteiger charge is -2.14. The summed E-state index contributed by atoms with van der Waals surface area (Å²) in [5.74, 6) is 0. The highest BCUT2D eigenvalue weighted by Crippen LogP contribution is 2.30. The Hall–Kier alpha value is -1.53. The van der Waals surface area contributed by atoms with Crippen LogP contribution in [0.5, 0.6) is 0 Å². The molecule has 1 atom stereocenters. The van der Waals surface area contributed by atoms with Gasteiger partial charge >= 0.3 is 6.18 Å². The maximum Gasteiger partial charge on any atom is 0.416 e. The first-order valence-electron chi connectivity index (χ1n) is 5.88. The summed E-state index contributed by atoms with van der Waals surface area (Å²) < 4.78 is 38.9. The Balaban J connectivity index is 2.15. The Morgan fingerprint density at radius 3 is 2.35 bits per heavy atom. The van der Waals surface area contributed by atoms with Gasteiger partial charge in [-0.1, -0.05) is 23.7 Å². The minimum absolute atomic E-state index is 0.386. The Kier molecular flexibility index (Phi) is 4.06. The largest absolute Gasteiger partial charge is 0.416 e. The van der Waals surface area contributed by atoms with Crippen LogP contribution in [-0.2, 0) is 19.6 Å². The molecule has 0 bridgehead atoms. The number of alkyl halides is 3. The maximum absolute atomic E-state index is 12.5. The van der Waals surface area contributed by atoms with E-state index in [0.29, 0.717) is 22.7 Å². The number of nitrogens with two attached hydrogens (primary N) is 1. The molecule has 2 rings (SSSR count). The molecule has 0 aliphatic heterocycles. The SMILES string of the molecule is Cn1ncc(Cl)c1C(N)Cc1ccc(C(F)(F)F)cc1. The molecule has 0 saturated carbocycles. The van der Waals surface area contributed by atoms with Crippen LogP contribution in [0, 0.1) is 0 Å². The average Bonchev–Trinajstić information content (AvgIpc) is 2.68. The first kappa shape index (κ1) is 14.9. The third kappa shape index (κ3) is 3.13. The molecular weight excluding hydrogens is 291 g/mol. The molecule has 2 N–H and O–H groups in total. The topological polar surface area (TPSA) is 43.8 Å².